The van der Waals surface area contributed by atoms with Gasteiger partial charge in [0.05, 0.1) is 11.8 Å². The third kappa shape index (κ3) is 7.23. The minimum absolute atomic E-state index is 0.0959. The molecule has 2 amide bonds. The van der Waals surface area contributed by atoms with Crippen LogP contribution in [0.1, 0.15) is 45.2 Å². The summed E-state index contributed by atoms with van der Waals surface area (Å²) < 4.78 is 68.4. The minimum atomic E-state index is -4.89. The molecule has 294 valence electrons. The second-order valence-electron chi connectivity index (χ2n) is 15.1. The van der Waals surface area contributed by atoms with Crippen LogP contribution in [0.3, 0.4) is 0 Å². The predicted octanol–water partition coefficient (Wildman–Crippen LogP) is 6.04. The van der Waals surface area contributed by atoms with Crippen molar-refractivity contribution in [3.8, 4) is 0 Å². The third-order valence-electron chi connectivity index (χ3n) is 10.7. The van der Waals surface area contributed by atoms with Crippen LogP contribution in [0.15, 0.2) is 121 Å². The standard InChI is InChI=1S/C42H39N3O10S2/c1-41(2)34(18-8-6-5-7-9-19-35-42(3,4)39-30-17-13-11-15-28(30)21-23-32(39)44(35)26-56(49,50)51)43(31-22-20-27-14-10-12-16-29(27)38(31)41)25-37(47)55-45-36(46)24-33(40(45)48)57(52,53)54/h5-23,33H,24-26H2,1-4H3,(H-,49,50,51,52,53,54)/p+1. The lowest BCUT2D eigenvalue weighted by Crippen LogP contribution is -2.40. The summed E-state index contributed by atoms with van der Waals surface area (Å²) in [5.41, 5.74) is 3.42. The lowest BCUT2D eigenvalue weighted by Gasteiger charge is -2.26. The molecule has 1 fully saturated rings. The van der Waals surface area contributed by atoms with Crippen molar-refractivity contribution < 1.29 is 49.7 Å². The predicted molar refractivity (Wildman–Crippen MR) is 216 cm³/mol. The maximum atomic E-state index is 13.3. The zero-order chi connectivity index (χ0) is 41.1. The zero-order valence-corrected chi connectivity index (χ0v) is 33.1. The van der Waals surface area contributed by atoms with Crippen LogP contribution in [0.25, 0.3) is 21.5 Å². The van der Waals surface area contributed by atoms with Gasteiger partial charge in [-0.05, 0) is 59.2 Å². The number of benzene rings is 4. The van der Waals surface area contributed by atoms with E-state index >= 15 is 0 Å². The first-order chi connectivity index (χ1) is 26.8. The van der Waals surface area contributed by atoms with Crippen molar-refractivity contribution in [2.45, 2.75) is 50.2 Å². The van der Waals surface area contributed by atoms with Crippen molar-refractivity contribution in [3.63, 3.8) is 0 Å². The maximum absolute atomic E-state index is 13.3. The van der Waals surface area contributed by atoms with E-state index in [1.54, 1.807) is 39.9 Å². The Labute approximate surface area is 330 Å². The number of amides is 2. The first-order valence-corrected chi connectivity index (χ1v) is 21.1. The van der Waals surface area contributed by atoms with Gasteiger partial charge < -0.3 is 9.74 Å². The van der Waals surface area contributed by atoms with Crippen LogP contribution < -0.4 is 4.90 Å². The molecule has 0 spiro atoms. The molecule has 3 aliphatic rings. The van der Waals surface area contributed by atoms with Gasteiger partial charge in [-0.2, -0.15) is 21.4 Å². The molecule has 0 saturated carbocycles. The monoisotopic (exact) mass is 810 g/mol. The fourth-order valence-corrected chi connectivity index (χ4v) is 9.51. The number of anilines is 1. The van der Waals surface area contributed by atoms with Gasteiger partial charge >= 0.3 is 16.1 Å². The van der Waals surface area contributed by atoms with Gasteiger partial charge in [-0.1, -0.05) is 98.8 Å². The van der Waals surface area contributed by atoms with Crippen LogP contribution >= 0.6 is 0 Å². The number of imide groups is 1. The van der Waals surface area contributed by atoms with E-state index in [-0.39, 0.29) is 5.06 Å². The number of nitrogens with zero attached hydrogens (tertiary/aromatic N) is 3. The maximum Gasteiger partial charge on any atom is 0.352 e. The fraction of sp³-hybridized carbons (Fsp3) is 0.238. The van der Waals surface area contributed by atoms with Crippen molar-refractivity contribution in [1.29, 1.82) is 0 Å². The third-order valence-corrected chi connectivity index (χ3v) is 12.3. The molecule has 7 rings (SSSR count). The van der Waals surface area contributed by atoms with Crippen LogP contribution in [0.2, 0.25) is 0 Å². The molecule has 1 saturated heterocycles. The summed E-state index contributed by atoms with van der Waals surface area (Å²) in [7, 11) is -9.26. The number of carbonyl (C=O) groups excluding carboxylic acids is 3. The number of fused-ring (bicyclic) bond motifs is 6. The van der Waals surface area contributed by atoms with Gasteiger partial charge in [-0.25, -0.2) is 4.79 Å². The van der Waals surface area contributed by atoms with Gasteiger partial charge in [-0.3, -0.25) is 18.7 Å². The number of hydrogen-bond donors (Lipinski definition) is 2. The van der Waals surface area contributed by atoms with Crippen LogP contribution in [0.5, 0.6) is 0 Å². The molecule has 57 heavy (non-hydrogen) atoms. The van der Waals surface area contributed by atoms with E-state index in [0.29, 0.717) is 22.8 Å². The number of hydrogen-bond acceptors (Lipinski definition) is 9. The average molecular weight is 811 g/mol. The summed E-state index contributed by atoms with van der Waals surface area (Å²) in [4.78, 5) is 45.2. The Balaban J connectivity index is 1.16. The van der Waals surface area contributed by atoms with Gasteiger partial charge in [0, 0.05) is 34.5 Å². The quantitative estimate of drug-likeness (QED) is 0.0826. The molecule has 2 N–H and O–H groups in total. The van der Waals surface area contributed by atoms with Crippen LogP contribution in [0.4, 0.5) is 11.4 Å². The Hall–Kier alpha value is -5.74. The van der Waals surface area contributed by atoms with E-state index in [2.05, 4.69) is 0 Å². The second-order valence-corrected chi connectivity index (χ2v) is 18.1. The highest BCUT2D eigenvalue weighted by Crippen LogP contribution is 2.51. The molecule has 1 unspecified atom stereocenters. The topological polar surface area (TPSA) is 179 Å². The summed E-state index contributed by atoms with van der Waals surface area (Å²) >= 11 is 0. The zero-order valence-electron chi connectivity index (χ0n) is 31.5. The van der Waals surface area contributed by atoms with Gasteiger partial charge in [0.15, 0.2) is 11.0 Å². The molecule has 1 atom stereocenters. The van der Waals surface area contributed by atoms with Crippen LogP contribution in [-0.4, -0.2) is 76.7 Å². The van der Waals surface area contributed by atoms with E-state index in [1.807, 2.05) is 113 Å². The highest BCUT2D eigenvalue weighted by molar-refractivity contribution is 7.87. The molecular weight excluding hydrogens is 771 g/mol. The van der Waals surface area contributed by atoms with Crippen molar-refractivity contribution in [3.05, 3.63) is 132 Å². The normalized spacial score (nSPS) is 20.0. The highest BCUT2D eigenvalue weighted by atomic mass is 32.2. The first-order valence-electron chi connectivity index (χ1n) is 18.0. The molecule has 0 aliphatic carbocycles. The number of rotatable bonds is 10. The molecule has 0 aromatic heterocycles. The Morgan fingerprint density at radius 2 is 1.40 bits per heavy atom. The minimum Gasteiger partial charge on any atom is -0.333 e. The molecular formula is C42H40N3O10S2+. The van der Waals surface area contributed by atoms with Gasteiger partial charge in [0.1, 0.15) is 6.54 Å². The van der Waals surface area contributed by atoms with Crippen LogP contribution in [0, 0.1) is 0 Å². The van der Waals surface area contributed by atoms with Crippen molar-refractivity contribution in [1.82, 2.24) is 5.06 Å². The highest BCUT2D eigenvalue weighted by Gasteiger charge is 2.50. The van der Waals surface area contributed by atoms with Gasteiger partial charge in [0.25, 0.3) is 27.8 Å². The van der Waals surface area contributed by atoms with E-state index < -0.39 is 72.9 Å². The largest absolute Gasteiger partial charge is 0.352 e. The number of allylic oxidation sites excluding steroid dienone is 8. The first kappa shape index (κ1) is 39.5. The molecule has 3 aliphatic heterocycles. The molecule has 13 nitrogen and oxygen atoms in total. The Morgan fingerprint density at radius 1 is 0.807 bits per heavy atom. The second kappa shape index (κ2) is 14.3. The summed E-state index contributed by atoms with van der Waals surface area (Å²) in [5.74, 6) is -4.02. The molecule has 3 heterocycles. The van der Waals surface area contributed by atoms with Crippen LogP contribution in [-0.2, 0) is 50.3 Å². The van der Waals surface area contributed by atoms with E-state index in [4.69, 9.17) is 4.84 Å². The summed E-state index contributed by atoms with van der Waals surface area (Å²) in [6.45, 7) is 7.60. The van der Waals surface area contributed by atoms with E-state index in [0.717, 1.165) is 32.7 Å². The molecule has 4 aromatic rings. The fourth-order valence-electron chi connectivity index (χ4n) is 8.20. The average Bonchev–Trinajstić information content (AvgIpc) is 3.63. The SMILES string of the molecule is CC1(C)C(/C=C/C=C/C=C/C=C2/N(CC(=O)ON3C(=O)CC(S(=O)(=O)O)C3=O)c3ccc4ccccc4c3C2(C)C)=[N+](CS(=O)(=O)O)c2ccc3ccccc3c21. The summed E-state index contributed by atoms with van der Waals surface area (Å²) in [6, 6.07) is 23.3. The lowest BCUT2D eigenvalue weighted by molar-refractivity contribution is -0.415. The van der Waals surface area contributed by atoms with Crippen molar-refractivity contribution in [2.75, 3.05) is 17.3 Å². The number of carbonyl (C=O) groups is 3. The molecule has 4 aromatic carbocycles. The van der Waals surface area contributed by atoms with E-state index in [1.165, 1.54) is 0 Å². The Bertz CT molecular complexity index is 2780. The molecule has 0 radical (unpaired) electrons. The Kier molecular flexibility index (Phi) is 9.93. The molecule has 15 heteroatoms. The van der Waals surface area contributed by atoms with E-state index in [9.17, 15) is 40.3 Å². The van der Waals surface area contributed by atoms with Crippen molar-refractivity contribution >= 4 is 76.7 Å². The lowest BCUT2D eigenvalue weighted by atomic mass is 9.79. The number of hydroxylamine groups is 2. The summed E-state index contributed by atoms with van der Waals surface area (Å²) in [5, 5.41) is 2.00. The van der Waals surface area contributed by atoms with Gasteiger partial charge in [-0.15, -0.1) is 5.06 Å². The summed E-state index contributed by atoms with van der Waals surface area (Å²) in [6.07, 6.45) is 11.7. The van der Waals surface area contributed by atoms with Gasteiger partial charge in [0.2, 0.25) is 5.69 Å². The smallest absolute Gasteiger partial charge is 0.333 e. The Morgan fingerprint density at radius 3 is 2.04 bits per heavy atom. The van der Waals surface area contributed by atoms with Crippen molar-refractivity contribution in [2.24, 2.45) is 0 Å². The molecule has 0 bridgehead atoms.